The van der Waals surface area contributed by atoms with E-state index in [1.54, 1.807) is 0 Å². The van der Waals surface area contributed by atoms with Gasteiger partial charge in [-0.05, 0) is 33.2 Å². The highest BCUT2D eigenvalue weighted by Gasteiger charge is 2.42. The van der Waals surface area contributed by atoms with Crippen LogP contribution in [-0.2, 0) is 4.74 Å². The molecule has 0 bridgehead atoms. The van der Waals surface area contributed by atoms with E-state index in [0.29, 0.717) is 12.1 Å². The first kappa shape index (κ1) is 14.3. The van der Waals surface area contributed by atoms with E-state index >= 15 is 0 Å². The largest absolute Gasteiger partial charge is 0.378 e. The zero-order valence-electron chi connectivity index (χ0n) is 12.2. The quantitative estimate of drug-likeness (QED) is 0.814. The van der Waals surface area contributed by atoms with Crippen LogP contribution in [0.25, 0.3) is 0 Å². The van der Waals surface area contributed by atoms with Gasteiger partial charge in [0.1, 0.15) is 0 Å². The van der Waals surface area contributed by atoms with Crippen molar-refractivity contribution in [3.63, 3.8) is 0 Å². The lowest BCUT2D eigenvalue weighted by molar-refractivity contribution is -0.0823. The van der Waals surface area contributed by atoms with Crippen molar-refractivity contribution in [3.8, 4) is 0 Å². The second-order valence-corrected chi connectivity index (χ2v) is 6.05. The second-order valence-electron chi connectivity index (χ2n) is 6.05. The third kappa shape index (κ3) is 2.72. The summed E-state index contributed by atoms with van der Waals surface area (Å²) in [5.41, 5.74) is 6.33. The number of nitrogens with zero attached hydrogens (tertiary/aromatic N) is 2. The molecule has 0 spiro atoms. The summed E-state index contributed by atoms with van der Waals surface area (Å²) in [4.78, 5) is 5.14. The van der Waals surface area contributed by atoms with Crippen LogP contribution in [0.3, 0.4) is 0 Å². The lowest BCUT2D eigenvalue weighted by Crippen LogP contribution is -2.64. The number of likely N-dealkylation sites (N-methyl/N-ethyl adjacent to an activating group) is 1. The molecule has 3 unspecified atom stereocenters. The Morgan fingerprint density at radius 2 is 2.17 bits per heavy atom. The van der Waals surface area contributed by atoms with Gasteiger partial charge in [0, 0.05) is 44.4 Å². The van der Waals surface area contributed by atoms with Gasteiger partial charge in [-0.2, -0.15) is 0 Å². The van der Waals surface area contributed by atoms with Gasteiger partial charge in [0.05, 0.1) is 6.10 Å². The van der Waals surface area contributed by atoms with Crippen molar-refractivity contribution >= 4 is 0 Å². The van der Waals surface area contributed by atoms with Gasteiger partial charge in [-0.15, -0.1) is 0 Å². The van der Waals surface area contributed by atoms with Crippen LogP contribution in [0.1, 0.15) is 33.1 Å². The Kier molecular flexibility index (Phi) is 4.64. The summed E-state index contributed by atoms with van der Waals surface area (Å²) in [5.74, 6) is 0. The van der Waals surface area contributed by atoms with Gasteiger partial charge >= 0.3 is 0 Å². The number of piperazine rings is 1. The average molecular weight is 255 g/mol. The standard InChI is InChI=1S/C14H29N3O/c1-4-13-10-17(7-6-16(13)3)14(11-15)5-8-18-12(2)9-14/h12-13H,4-11,15H2,1-3H3. The molecule has 0 radical (unpaired) electrons. The Balaban J connectivity index is 2.07. The van der Waals surface area contributed by atoms with Crippen LogP contribution in [0.4, 0.5) is 0 Å². The molecule has 2 fully saturated rings. The molecule has 0 aromatic rings. The molecule has 106 valence electrons. The van der Waals surface area contributed by atoms with Gasteiger partial charge in [-0.1, -0.05) is 6.92 Å². The fraction of sp³-hybridized carbons (Fsp3) is 1.00. The number of rotatable bonds is 3. The fourth-order valence-corrected chi connectivity index (χ4v) is 3.57. The summed E-state index contributed by atoms with van der Waals surface area (Å²) in [6.45, 7) is 9.56. The Morgan fingerprint density at radius 1 is 1.39 bits per heavy atom. The van der Waals surface area contributed by atoms with Crippen LogP contribution in [0.2, 0.25) is 0 Å². The van der Waals surface area contributed by atoms with Crippen molar-refractivity contribution in [1.82, 2.24) is 9.80 Å². The molecule has 2 aliphatic heterocycles. The van der Waals surface area contributed by atoms with Crippen molar-refractivity contribution in [3.05, 3.63) is 0 Å². The second kappa shape index (κ2) is 5.87. The van der Waals surface area contributed by atoms with Crippen molar-refractivity contribution in [2.45, 2.75) is 50.8 Å². The molecule has 2 aliphatic rings. The van der Waals surface area contributed by atoms with Gasteiger partial charge < -0.3 is 15.4 Å². The van der Waals surface area contributed by atoms with Crippen LogP contribution >= 0.6 is 0 Å². The molecule has 2 saturated heterocycles. The van der Waals surface area contributed by atoms with Crippen LogP contribution in [0.5, 0.6) is 0 Å². The summed E-state index contributed by atoms with van der Waals surface area (Å²) in [6.07, 6.45) is 3.75. The normalized spacial score (nSPS) is 40.0. The molecule has 0 aromatic heterocycles. The third-order valence-electron chi connectivity index (χ3n) is 4.94. The van der Waals surface area contributed by atoms with Crippen LogP contribution < -0.4 is 5.73 Å². The maximum Gasteiger partial charge on any atom is 0.0565 e. The average Bonchev–Trinajstić information content (AvgIpc) is 2.39. The Labute approximate surface area is 111 Å². The topological polar surface area (TPSA) is 41.7 Å². The molecule has 2 rings (SSSR count). The van der Waals surface area contributed by atoms with Crippen molar-refractivity contribution in [2.75, 3.05) is 39.8 Å². The zero-order valence-corrected chi connectivity index (χ0v) is 12.2. The van der Waals surface area contributed by atoms with Gasteiger partial charge in [0.2, 0.25) is 0 Å². The maximum atomic E-state index is 6.14. The summed E-state index contributed by atoms with van der Waals surface area (Å²) in [6, 6.07) is 0.681. The maximum absolute atomic E-state index is 6.14. The van der Waals surface area contributed by atoms with Gasteiger partial charge in [-0.25, -0.2) is 0 Å². The Bertz CT molecular complexity index is 274. The molecule has 4 nitrogen and oxygen atoms in total. The van der Waals surface area contributed by atoms with Gasteiger partial charge in [-0.3, -0.25) is 4.90 Å². The number of nitrogens with two attached hydrogens (primary N) is 1. The first-order valence-corrected chi connectivity index (χ1v) is 7.38. The highest BCUT2D eigenvalue weighted by molar-refractivity contribution is 4.98. The van der Waals surface area contributed by atoms with Crippen LogP contribution in [0, 0.1) is 0 Å². The molecule has 2 heterocycles. The highest BCUT2D eigenvalue weighted by atomic mass is 16.5. The first-order chi connectivity index (χ1) is 8.61. The molecule has 0 saturated carbocycles. The molecular weight excluding hydrogens is 226 g/mol. The predicted octanol–water partition coefficient (Wildman–Crippen LogP) is 0.909. The monoisotopic (exact) mass is 255 g/mol. The lowest BCUT2D eigenvalue weighted by Gasteiger charge is -2.52. The fourth-order valence-electron chi connectivity index (χ4n) is 3.57. The van der Waals surface area contributed by atoms with E-state index in [0.717, 1.165) is 45.6 Å². The minimum Gasteiger partial charge on any atom is -0.378 e. The minimum absolute atomic E-state index is 0.187. The van der Waals surface area contributed by atoms with E-state index in [-0.39, 0.29) is 5.54 Å². The van der Waals surface area contributed by atoms with Gasteiger partial charge in [0.25, 0.3) is 0 Å². The lowest BCUT2D eigenvalue weighted by atomic mass is 9.84. The number of hydrogen-bond donors (Lipinski definition) is 1. The Hall–Kier alpha value is -0.160. The molecule has 0 aromatic carbocycles. The summed E-state index contributed by atoms with van der Waals surface area (Å²) < 4.78 is 5.71. The molecule has 2 N–H and O–H groups in total. The molecule has 0 aliphatic carbocycles. The molecular formula is C14H29N3O. The van der Waals surface area contributed by atoms with Crippen molar-refractivity contribution < 1.29 is 4.74 Å². The third-order valence-corrected chi connectivity index (χ3v) is 4.94. The van der Waals surface area contributed by atoms with Crippen molar-refractivity contribution in [1.29, 1.82) is 0 Å². The highest BCUT2D eigenvalue weighted by Crippen LogP contribution is 2.32. The molecule has 4 heteroatoms. The van der Waals surface area contributed by atoms with E-state index in [9.17, 15) is 0 Å². The van der Waals surface area contributed by atoms with E-state index in [1.165, 1.54) is 6.42 Å². The van der Waals surface area contributed by atoms with E-state index in [4.69, 9.17) is 10.5 Å². The van der Waals surface area contributed by atoms with Crippen molar-refractivity contribution in [2.24, 2.45) is 5.73 Å². The molecule has 18 heavy (non-hydrogen) atoms. The summed E-state index contributed by atoms with van der Waals surface area (Å²) >= 11 is 0. The van der Waals surface area contributed by atoms with Crippen LogP contribution in [-0.4, -0.2) is 67.3 Å². The number of ether oxygens (including phenoxy) is 1. The van der Waals surface area contributed by atoms with Gasteiger partial charge in [0.15, 0.2) is 0 Å². The SMILES string of the molecule is CCC1CN(C2(CN)CCOC(C)C2)CCN1C. The van der Waals surface area contributed by atoms with E-state index in [1.807, 2.05) is 0 Å². The predicted molar refractivity (Wildman–Crippen MR) is 74.7 cm³/mol. The Morgan fingerprint density at radius 3 is 2.78 bits per heavy atom. The van der Waals surface area contributed by atoms with Crippen LogP contribution in [0.15, 0.2) is 0 Å². The minimum atomic E-state index is 0.187. The summed E-state index contributed by atoms with van der Waals surface area (Å²) in [7, 11) is 2.24. The zero-order chi connectivity index (χ0) is 13.2. The summed E-state index contributed by atoms with van der Waals surface area (Å²) in [5, 5.41) is 0. The molecule has 3 atom stereocenters. The smallest absolute Gasteiger partial charge is 0.0565 e. The van der Waals surface area contributed by atoms with E-state index < -0.39 is 0 Å². The van der Waals surface area contributed by atoms with E-state index in [2.05, 4.69) is 30.7 Å². The first-order valence-electron chi connectivity index (χ1n) is 7.38. The number of hydrogen-bond acceptors (Lipinski definition) is 4. The molecule has 0 amide bonds.